The van der Waals surface area contributed by atoms with Crippen LogP contribution in [0.5, 0.6) is 0 Å². The van der Waals surface area contributed by atoms with Gasteiger partial charge in [-0.05, 0) is 5.56 Å². The molecule has 0 radical (unpaired) electrons. The number of hydrogen-bond donors (Lipinski definition) is 1. The molecule has 64 valence electrons. The number of amides is 1. The smallest absolute Gasteiger partial charge is 0.237 e. The number of nitrogens with one attached hydrogen (secondary N) is 1. The van der Waals surface area contributed by atoms with Crippen LogP contribution >= 0.6 is 22.6 Å². The lowest BCUT2D eigenvalue weighted by Gasteiger charge is -2.07. The minimum absolute atomic E-state index is 0.0433. The number of rotatable bonds is 2. The van der Waals surface area contributed by atoms with Crippen LogP contribution in [0, 0.1) is 0 Å². The summed E-state index contributed by atoms with van der Waals surface area (Å²) in [7, 11) is 1.65. The number of likely N-dealkylation sites (N-methyl/N-ethyl adjacent to an activating group) is 1. The first-order valence-electron chi connectivity index (χ1n) is 3.66. The molecule has 0 aliphatic carbocycles. The Hall–Kier alpha value is -0.580. The molecule has 1 rings (SSSR count). The van der Waals surface area contributed by atoms with E-state index in [0.29, 0.717) is 0 Å². The predicted octanol–water partition coefficient (Wildman–Crippen LogP) is 1.91. The Labute approximate surface area is 85.5 Å². The maximum atomic E-state index is 11.2. The zero-order valence-corrected chi connectivity index (χ0v) is 8.91. The minimum atomic E-state index is -0.0891. The molecule has 0 bridgehead atoms. The van der Waals surface area contributed by atoms with Crippen LogP contribution in [0.4, 0.5) is 0 Å². The van der Waals surface area contributed by atoms with Gasteiger partial charge in [-0.15, -0.1) is 0 Å². The van der Waals surface area contributed by atoms with Gasteiger partial charge in [0.2, 0.25) is 5.91 Å². The van der Waals surface area contributed by atoms with Crippen molar-refractivity contribution in [2.75, 3.05) is 7.05 Å². The number of halogens is 1. The summed E-state index contributed by atoms with van der Waals surface area (Å²) in [6.07, 6.45) is 0. The SMILES string of the molecule is CNC(=O)C(I)c1ccccc1. The van der Waals surface area contributed by atoms with Crippen molar-refractivity contribution >= 4 is 28.5 Å². The van der Waals surface area contributed by atoms with E-state index in [0.717, 1.165) is 5.56 Å². The van der Waals surface area contributed by atoms with Gasteiger partial charge in [-0.1, -0.05) is 52.9 Å². The van der Waals surface area contributed by atoms with Crippen LogP contribution in [0.1, 0.15) is 9.49 Å². The summed E-state index contributed by atoms with van der Waals surface area (Å²) in [6, 6.07) is 9.71. The lowest BCUT2D eigenvalue weighted by molar-refractivity contribution is -0.119. The van der Waals surface area contributed by atoms with Crippen molar-refractivity contribution in [2.45, 2.75) is 3.92 Å². The second kappa shape index (κ2) is 4.45. The Bertz CT molecular complexity index is 260. The van der Waals surface area contributed by atoms with Crippen molar-refractivity contribution in [3.63, 3.8) is 0 Å². The van der Waals surface area contributed by atoms with Crippen LogP contribution in [0.15, 0.2) is 30.3 Å². The Kier molecular flexibility index (Phi) is 3.52. The summed E-state index contributed by atoms with van der Waals surface area (Å²) in [4.78, 5) is 11.2. The predicted molar refractivity (Wildman–Crippen MR) is 57.3 cm³/mol. The van der Waals surface area contributed by atoms with E-state index < -0.39 is 0 Å². The second-order valence-electron chi connectivity index (χ2n) is 2.39. The summed E-state index contributed by atoms with van der Waals surface area (Å²) in [6.45, 7) is 0. The van der Waals surface area contributed by atoms with Gasteiger partial charge < -0.3 is 5.32 Å². The largest absolute Gasteiger partial charge is 0.358 e. The number of carbonyl (C=O) groups excluding carboxylic acids is 1. The molecule has 1 aromatic rings. The van der Waals surface area contributed by atoms with Crippen LogP contribution in [0.25, 0.3) is 0 Å². The summed E-state index contributed by atoms with van der Waals surface area (Å²) in [5, 5.41) is 2.62. The highest BCUT2D eigenvalue weighted by Gasteiger charge is 2.13. The molecule has 0 heterocycles. The van der Waals surface area contributed by atoms with Crippen LogP contribution in [0.3, 0.4) is 0 Å². The monoisotopic (exact) mass is 275 g/mol. The molecule has 0 aliphatic heterocycles. The molecule has 0 saturated heterocycles. The number of benzene rings is 1. The lowest BCUT2D eigenvalue weighted by Crippen LogP contribution is -2.21. The van der Waals surface area contributed by atoms with E-state index in [2.05, 4.69) is 27.9 Å². The summed E-state index contributed by atoms with van der Waals surface area (Å²) >= 11 is 2.12. The van der Waals surface area contributed by atoms with Crippen molar-refractivity contribution in [2.24, 2.45) is 0 Å². The average Bonchev–Trinajstić information content (AvgIpc) is 2.17. The fourth-order valence-corrected chi connectivity index (χ4v) is 1.63. The van der Waals surface area contributed by atoms with Crippen molar-refractivity contribution in [3.8, 4) is 0 Å². The average molecular weight is 275 g/mol. The molecule has 12 heavy (non-hydrogen) atoms. The number of carbonyl (C=O) groups is 1. The highest BCUT2D eigenvalue weighted by Crippen LogP contribution is 2.22. The first kappa shape index (κ1) is 9.51. The highest BCUT2D eigenvalue weighted by molar-refractivity contribution is 14.1. The van der Waals surface area contributed by atoms with Gasteiger partial charge in [-0.2, -0.15) is 0 Å². The molecule has 0 spiro atoms. The van der Waals surface area contributed by atoms with Gasteiger partial charge in [-0.3, -0.25) is 4.79 Å². The van der Waals surface area contributed by atoms with E-state index in [4.69, 9.17) is 0 Å². The van der Waals surface area contributed by atoms with Crippen LogP contribution in [-0.2, 0) is 4.79 Å². The normalized spacial score (nSPS) is 12.2. The molecule has 2 nitrogen and oxygen atoms in total. The highest BCUT2D eigenvalue weighted by atomic mass is 127. The zero-order chi connectivity index (χ0) is 8.97. The second-order valence-corrected chi connectivity index (χ2v) is 3.63. The first-order chi connectivity index (χ1) is 5.75. The molecule has 3 heteroatoms. The van der Waals surface area contributed by atoms with E-state index in [1.807, 2.05) is 30.3 Å². The number of hydrogen-bond acceptors (Lipinski definition) is 1. The first-order valence-corrected chi connectivity index (χ1v) is 4.91. The lowest BCUT2D eigenvalue weighted by atomic mass is 10.1. The van der Waals surface area contributed by atoms with Crippen molar-refractivity contribution in [3.05, 3.63) is 35.9 Å². The summed E-state index contributed by atoms with van der Waals surface area (Å²) in [5.41, 5.74) is 1.04. The minimum Gasteiger partial charge on any atom is -0.358 e. The maximum Gasteiger partial charge on any atom is 0.237 e. The third kappa shape index (κ3) is 2.20. The third-order valence-corrected chi connectivity index (χ3v) is 2.85. The fraction of sp³-hybridized carbons (Fsp3) is 0.222. The van der Waals surface area contributed by atoms with Gasteiger partial charge in [-0.25, -0.2) is 0 Å². The van der Waals surface area contributed by atoms with Gasteiger partial charge in [0.25, 0.3) is 0 Å². The van der Waals surface area contributed by atoms with E-state index in [1.54, 1.807) is 7.05 Å². The van der Waals surface area contributed by atoms with E-state index in [1.165, 1.54) is 0 Å². The molecule has 1 N–H and O–H groups in total. The van der Waals surface area contributed by atoms with Crippen molar-refractivity contribution in [1.82, 2.24) is 5.32 Å². The number of alkyl halides is 1. The van der Waals surface area contributed by atoms with Crippen molar-refractivity contribution < 1.29 is 4.79 Å². The Morgan fingerprint density at radius 2 is 2.00 bits per heavy atom. The Balaban J connectivity index is 2.78. The van der Waals surface area contributed by atoms with Gasteiger partial charge in [0.05, 0.1) is 0 Å². The van der Waals surface area contributed by atoms with E-state index in [9.17, 15) is 4.79 Å². The molecule has 1 unspecified atom stereocenters. The van der Waals surface area contributed by atoms with Crippen LogP contribution < -0.4 is 5.32 Å². The van der Waals surface area contributed by atoms with E-state index in [-0.39, 0.29) is 9.83 Å². The van der Waals surface area contributed by atoms with Crippen LogP contribution in [-0.4, -0.2) is 13.0 Å². The van der Waals surface area contributed by atoms with Gasteiger partial charge in [0.1, 0.15) is 3.92 Å². The Morgan fingerprint density at radius 1 is 1.42 bits per heavy atom. The zero-order valence-electron chi connectivity index (χ0n) is 6.75. The molecule has 1 amide bonds. The molecule has 0 aromatic heterocycles. The molecule has 0 aliphatic rings. The third-order valence-electron chi connectivity index (χ3n) is 1.57. The van der Waals surface area contributed by atoms with Gasteiger partial charge in [0, 0.05) is 7.05 Å². The molecule has 0 saturated carbocycles. The maximum absolute atomic E-state index is 11.2. The standard InChI is InChI=1S/C9H10INO/c1-11-9(12)8(10)7-5-3-2-4-6-7/h2-6,8H,1H3,(H,11,12). The molecule has 1 atom stereocenters. The molecular formula is C9H10INO. The summed E-state index contributed by atoms with van der Waals surface area (Å²) < 4.78 is -0.0891. The van der Waals surface area contributed by atoms with Gasteiger partial charge >= 0.3 is 0 Å². The topological polar surface area (TPSA) is 29.1 Å². The van der Waals surface area contributed by atoms with Crippen LogP contribution in [0.2, 0.25) is 0 Å². The molecule has 1 aromatic carbocycles. The Morgan fingerprint density at radius 3 is 2.50 bits per heavy atom. The van der Waals surface area contributed by atoms with Crippen molar-refractivity contribution in [1.29, 1.82) is 0 Å². The quantitative estimate of drug-likeness (QED) is 0.648. The van der Waals surface area contributed by atoms with E-state index >= 15 is 0 Å². The summed E-state index contributed by atoms with van der Waals surface area (Å²) in [5.74, 6) is 0.0433. The fourth-order valence-electron chi connectivity index (χ4n) is 0.900. The van der Waals surface area contributed by atoms with Gasteiger partial charge in [0.15, 0.2) is 0 Å². The molecular weight excluding hydrogens is 265 g/mol. The molecule has 0 fully saturated rings.